The number of carbonyl (C=O) groups is 3. The average molecular weight is 440 g/mol. The predicted molar refractivity (Wildman–Crippen MR) is 113 cm³/mol. The molecule has 1 aromatic carbocycles. The third-order valence-corrected chi connectivity index (χ3v) is 5.79. The molecule has 164 valence electrons. The van der Waals surface area contributed by atoms with Gasteiger partial charge in [-0.1, -0.05) is 11.9 Å². The van der Waals surface area contributed by atoms with E-state index in [1.165, 1.54) is 17.9 Å². The van der Waals surface area contributed by atoms with Crippen LogP contribution in [0, 0.1) is 5.82 Å². The first-order valence-corrected chi connectivity index (χ1v) is 10.7. The Kier molecular flexibility index (Phi) is 7.03. The lowest BCUT2D eigenvalue weighted by Crippen LogP contribution is -2.51. The number of piperazine rings is 1. The van der Waals surface area contributed by atoms with Crippen molar-refractivity contribution in [3.05, 3.63) is 24.0 Å². The van der Waals surface area contributed by atoms with Crippen molar-refractivity contribution in [3.63, 3.8) is 0 Å². The Balaban J connectivity index is 1.62. The fourth-order valence-corrected chi connectivity index (χ4v) is 3.76. The molecule has 3 rings (SSSR count). The van der Waals surface area contributed by atoms with Crippen LogP contribution >= 0.6 is 11.9 Å². The van der Waals surface area contributed by atoms with E-state index in [4.69, 9.17) is 9.88 Å². The first kappa shape index (κ1) is 22.2. The van der Waals surface area contributed by atoms with Crippen molar-refractivity contribution >= 4 is 41.2 Å². The van der Waals surface area contributed by atoms with Gasteiger partial charge in [-0.15, -0.1) is 0 Å². The van der Waals surface area contributed by atoms with Crippen molar-refractivity contribution in [2.75, 3.05) is 49.1 Å². The minimum absolute atomic E-state index is 0.0145. The molecule has 2 atom stereocenters. The molecular weight excluding hydrogens is 413 g/mol. The van der Waals surface area contributed by atoms with Crippen molar-refractivity contribution in [2.45, 2.75) is 25.2 Å². The molecule has 0 aromatic heterocycles. The molecule has 3 N–H and O–H groups in total. The van der Waals surface area contributed by atoms with Crippen molar-refractivity contribution in [3.8, 4) is 0 Å². The minimum Gasteiger partial charge on any atom is -0.442 e. The lowest BCUT2D eigenvalue weighted by Gasteiger charge is -2.37. The van der Waals surface area contributed by atoms with Crippen LogP contribution in [0.1, 0.15) is 13.8 Å². The molecule has 1 aromatic rings. The summed E-state index contributed by atoms with van der Waals surface area (Å²) in [5.41, 5.74) is 0.823. The maximum Gasteiger partial charge on any atom is 0.414 e. The third-order valence-electron chi connectivity index (χ3n) is 5.18. The Morgan fingerprint density at radius 1 is 1.33 bits per heavy atom. The summed E-state index contributed by atoms with van der Waals surface area (Å²) in [7, 11) is 0. The van der Waals surface area contributed by atoms with Crippen LogP contribution in [-0.4, -0.2) is 73.4 Å². The second kappa shape index (κ2) is 9.52. The number of nitrogens with zero attached hydrogens (tertiary/aromatic N) is 3. The van der Waals surface area contributed by atoms with Crippen molar-refractivity contribution in [1.29, 1.82) is 0 Å². The number of amides is 3. The fourth-order valence-electron chi connectivity index (χ4n) is 3.50. The number of anilines is 2. The quantitative estimate of drug-likeness (QED) is 0.635. The van der Waals surface area contributed by atoms with Crippen LogP contribution in [-0.2, 0) is 14.3 Å². The Hall–Kier alpha value is -2.53. The van der Waals surface area contributed by atoms with Gasteiger partial charge in [-0.25, -0.2) is 9.18 Å². The Morgan fingerprint density at radius 3 is 2.63 bits per heavy atom. The van der Waals surface area contributed by atoms with Gasteiger partial charge in [-0.2, -0.15) is 0 Å². The fraction of sp³-hybridized carbons (Fsp3) is 0.526. The summed E-state index contributed by atoms with van der Waals surface area (Å²) in [6, 6.07) is 4.61. The number of nitrogens with one attached hydrogen (secondary N) is 1. The van der Waals surface area contributed by atoms with E-state index in [1.54, 1.807) is 24.0 Å². The van der Waals surface area contributed by atoms with Gasteiger partial charge in [-0.3, -0.25) is 19.6 Å². The monoisotopic (exact) mass is 439 g/mol. The average Bonchev–Trinajstić information content (AvgIpc) is 3.11. The zero-order valence-electron chi connectivity index (χ0n) is 17.0. The number of hydrogen-bond donors (Lipinski definition) is 2. The van der Waals surface area contributed by atoms with E-state index in [-0.39, 0.29) is 30.2 Å². The van der Waals surface area contributed by atoms with Gasteiger partial charge in [0.1, 0.15) is 11.9 Å². The third kappa shape index (κ3) is 4.96. The highest BCUT2D eigenvalue weighted by Gasteiger charge is 2.33. The molecule has 0 aliphatic carbocycles. The number of benzene rings is 1. The first-order chi connectivity index (χ1) is 14.3. The van der Waals surface area contributed by atoms with Gasteiger partial charge in [0.05, 0.1) is 29.7 Å². The molecule has 0 bridgehead atoms. The van der Waals surface area contributed by atoms with Crippen molar-refractivity contribution in [2.24, 2.45) is 5.14 Å². The van der Waals surface area contributed by atoms with Crippen LogP contribution in [0.2, 0.25) is 0 Å². The Labute approximate surface area is 178 Å². The van der Waals surface area contributed by atoms with Crippen molar-refractivity contribution in [1.82, 2.24) is 10.2 Å². The number of halogens is 1. The van der Waals surface area contributed by atoms with Crippen LogP contribution in [0.5, 0.6) is 0 Å². The molecule has 9 nitrogen and oxygen atoms in total. The highest BCUT2D eigenvalue weighted by Crippen LogP contribution is 2.28. The van der Waals surface area contributed by atoms with E-state index in [1.807, 2.05) is 4.90 Å². The number of ether oxygens (including phenoxy) is 1. The lowest BCUT2D eigenvalue weighted by molar-refractivity contribution is -0.130. The van der Waals surface area contributed by atoms with Crippen LogP contribution in [0.3, 0.4) is 0 Å². The second-order valence-corrected chi connectivity index (χ2v) is 8.26. The number of carbonyl (C=O) groups excluding carboxylic acids is 3. The summed E-state index contributed by atoms with van der Waals surface area (Å²) < 4.78 is 20.0. The van der Waals surface area contributed by atoms with E-state index >= 15 is 0 Å². The molecule has 2 unspecified atom stereocenters. The highest BCUT2D eigenvalue weighted by molar-refractivity contribution is 7.98. The molecule has 3 amide bonds. The summed E-state index contributed by atoms with van der Waals surface area (Å²) in [4.78, 5) is 40.3. The molecule has 2 aliphatic rings. The Bertz CT molecular complexity index is 818. The van der Waals surface area contributed by atoms with Gasteiger partial charge in [0.2, 0.25) is 11.8 Å². The topological polar surface area (TPSA) is 108 Å². The maximum absolute atomic E-state index is 14.8. The Morgan fingerprint density at radius 2 is 2.03 bits per heavy atom. The zero-order valence-corrected chi connectivity index (χ0v) is 17.8. The molecule has 2 aliphatic heterocycles. The maximum atomic E-state index is 14.8. The van der Waals surface area contributed by atoms with Crippen molar-refractivity contribution < 1.29 is 23.5 Å². The number of nitrogens with two attached hydrogens (primary N) is 1. The van der Waals surface area contributed by atoms with Gasteiger partial charge in [0.15, 0.2) is 0 Å². The SMILES string of the molecule is CC(=O)NCC1CN(c2ccc(N3CCN(C(=O)C(C)SN)CC3)c(F)c2)C(=O)O1. The molecule has 0 saturated carbocycles. The summed E-state index contributed by atoms with van der Waals surface area (Å²) in [5, 5.41) is 7.79. The smallest absolute Gasteiger partial charge is 0.414 e. The second-order valence-electron chi connectivity index (χ2n) is 7.28. The molecule has 0 radical (unpaired) electrons. The number of cyclic esters (lactones) is 1. The largest absolute Gasteiger partial charge is 0.442 e. The van der Waals surface area contributed by atoms with Gasteiger partial charge in [0, 0.05) is 33.1 Å². The molecule has 2 saturated heterocycles. The number of rotatable bonds is 6. The van der Waals surface area contributed by atoms with Crippen LogP contribution < -0.4 is 20.3 Å². The van der Waals surface area contributed by atoms with Gasteiger partial charge < -0.3 is 19.9 Å². The molecule has 2 heterocycles. The van der Waals surface area contributed by atoms with E-state index in [0.29, 0.717) is 37.6 Å². The standard InChI is InChI=1S/C19H26FN5O4S/c1-12(30-21)18(27)24-7-5-23(6-8-24)17-4-3-14(9-16(17)20)25-11-15(29-19(25)28)10-22-13(2)26/h3-4,9,12,15H,5-8,10-11,21H2,1-2H3,(H,22,26). The summed E-state index contributed by atoms with van der Waals surface area (Å²) in [6.07, 6.45) is -1.06. The van der Waals surface area contributed by atoms with Crippen LogP contribution in [0.15, 0.2) is 18.2 Å². The van der Waals surface area contributed by atoms with E-state index in [0.717, 1.165) is 11.9 Å². The molecule has 2 fully saturated rings. The van der Waals surface area contributed by atoms with Crippen LogP contribution in [0.25, 0.3) is 0 Å². The van der Waals surface area contributed by atoms with E-state index in [9.17, 15) is 18.8 Å². The van der Waals surface area contributed by atoms with E-state index in [2.05, 4.69) is 5.32 Å². The summed E-state index contributed by atoms with van der Waals surface area (Å²) >= 11 is 1.02. The molecule has 30 heavy (non-hydrogen) atoms. The molecular formula is C19H26FN5O4S. The van der Waals surface area contributed by atoms with Gasteiger partial charge >= 0.3 is 6.09 Å². The highest BCUT2D eigenvalue weighted by atomic mass is 32.2. The minimum atomic E-state index is -0.573. The number of hydrogen-bond acceptors (Lipinski definition) is 7. The lowest BCUT2D eigenvalue weighted by atomic mass is 10.2. The molecule has 11 heteroatoms. The summed E-state index contributed by atoms with van der Waals surface area (Å²) in [6.45, 7) is 5.60. The predicted octanol–water partition coefficient (Wildman–Crippen LogP) is 0.931. The normalized spacial score (nSPS) is 20.2. The molecule has 0 spiro atoms. The van der Waals surface area contributed by atoms with Gasteiger partial charge in [-0.05, 0) is 25.1 Å². The zero-order chi connectivity index (χ0) is 21.8. The summed E-state index contributed by atoms with van der Waals surface area (Å²) in [5.74, 6) is -0.673. The first-order valence-electron chi connectivity index (χ1n) is 9.71. The van der Waals surface area contributed by atoms with E-state index < -0.39 is 18.0 Å². The van der Waals surface area contributed by atoms with Gasteiger partial charge in [0.25, 0.3) is 0 Å². The van der Waals surface area contributed by atoms with Crippen LogP contribution in [0.4, 0.5) is 20.6 Å².